The van der Waals surface area contributed by atoms with E-state index in [1.54, 1.807) is 0 Å². The van der Waals surface area contributed by atoms with Crippen LogP contribution in [0.3, 0.4) is 0 Å². The van der Waals surface area contributed by atoms with E-state index in [2.05, 4.69) is 6.07 Å². The van der Waals surface area contributed by atoms with Crippen LogP contribution in [0.1, 0.15) is 32.6 Å². The highest BCUT2D eigenvalue weighted by Crippen LogP contribution is 2.31. The van der Waals surface area contributed by atoms with Crippen LogP contribution in [0.5, 0.6) is 0 Å². The first-order valence-electron chi connectivity index (χ1n) is 3.88. The topological polar surface area (TPSA) is 23.8 Å². The molecule has 0 aromatic heterocycles. The molecule has 0 heterocycles. The summed E-state index contributed by atoms with van der Waals surface area (Å²) < 4.78 is 0. The van der Waals surface area contributed by atoms with Gasteiger partial charge in [-0.2, -0.15) is 5.26 Å². The highest BCUT2D eigenvalue weighted by atomic mass is 32.2. The molecule has 1 atom stereocenters. The third-order valence-corrected chi connectivity index (χ3v) is 3.25. The van der Waals surface area contributed by atoms with Crippen molar-refractivity contribution in [3.05, 3.63) is 0 Å². The standard InChI is InChI=1S/C8H13NS/c1-7(6-9)10-8-4-2-3-5-8/h7-8H,2-5H2,1H3. The van der Waals surface area contributed by atoms with E-state index in [1.807, 2.05) is 18.7 Å². The number of hydrogen-bond acceptors (Lipinski definition) is 2. The summed E-state index contributed by atoms with van der Waals surface area (Å²) in [5, 5.41) is 9.51. The molecule has 0 aliphatic heterocycles. The molecule has 0 bridgehead atoms. The molecule has 1 aliphatic carbocycles. The molecule has 0 amide bonds. The third-order valence-electron chi connectivity index (χ3n) is 1.88. The van der Waals surface area contributed by atoms with Crippen LogP contribution in [0.2, 0.25) is 0 Å². The van der Waals surface area contributed by atoms with Gasteiger partial charge in [0.05, 0.1) is 11.3 Å². The van der Waals surface area contributed by atoms with Crippen molar-refractivity contribution >= 4 is 11.8 Å². The molecule has 56 valence electrons. The fourth-order valence-corrected chi connectivity index (χ4v) is 2.59. The van der Waals surface area contributed by atoms with Gasteiger partial charge in [-0.15, -0.1) is 11.8 Å². The Morgan fingerprint density at radius 1 is 1.50 bits per heavy atom. The molecule has 1 nitrogen and oxygen atoms in total. The van der Waals surface area contributed by atoms with Crippen molar-refractivity contribution < 1.29 is 0 Å². The predicted octanol–water partition coefficient (Wildman–Crippen LogP) is 2.57. The number of nitriles is 1. The number of thioether (sulfide) groups is 1. The molecule has 0 radical (unpaired) electrons. The van der Waals surface area contributed by atoms with E-state index in [4.69, 9.17) is 5.26 Å². The van der Waals surface area contributed by atoms with Crippen molar-refractivity contribution in [2.24, 2.45) is 0 Å². The van der Waals surface area contributed by atoms with E-state index in [9.17, 15) is 0 Å². The van der Waals surface area contributed by atoms with Crippen molar-refractivity contribution in [3.8, 4) is 6.07 Å². The van der Waals surface area contributed by atoms with Crippen molar-refractivity contribution in [2.45, 2.75) is 43.1 Å². The maximum absolute atomic E-state index is 8.52. The Morgan fingerprint density at radius 3 is 2.60 bits per heavy atom. The number of hydrogen-bond donors (Lipinski definition) is 0. The van der Waals surface area contributed by atoms with Crippen LogP contribution in [0.4, 0.5) is 0 Å². The fraction of sp³-hybridized carbons (Fsp3) is 0.875. The molecule has 1 fully saturated rings. The van der Waals surface area contributed by atoms with Gasteiger partial charge in [-0.1, -0.05) is 12.8 Å². The molecular weight excluding hydrogens is 142 g/mol. The minimum atomic E-state index is 0.197. The van der Waals surface area contributed by atoms with E-state index in [1.165, 1.54) is 25.7 Å². The maximum atomic E-state index is 8.52. The molecule has 0 saturated heterocycles. The first-order chi connectivity index (χ1) is 4.83. The Labute approximate surface area is 66.8 Å². The van der Waals surface area contributed by atoms with Crippen LogP contribution in [0, 0.1) is 11.3 Å². The van der Waals surface area contributed by atoms with E-state index >= 15 is 0 Å². The summed E-state index contributed by atoms with van der Waals surface area (Å²) >= 11 is 1.85. The van der Waals surface area contributed by atoms with Crippen molar-refractivity contribution in [1.29, 1.82) is 5.26 Å². The van der Waals surface area contributed by atoms with Gasteiger partial charge >= 0.3 is 0 Å². The molecule has 0 aromatic carbocycles. The van der Waals surface area contributed by atoms with Gasteiger partial charge in [-0.25, -0.2) is 0 Å². The molecule has 0 N–H and O–H groups in total. The van der Waals surface area contributed by atoms with Gasteiger partial charge in [0, 0.05) is 5.25 Å². The van der Waals surface area contributed by atoms with Gasteiger partial charge in [0.25, 0.3) is 0 Å². The summed E-state index contributed by atoms with van der Waals surface area (Å²) in [5.74, 6) is 0. The van der Waals surface area contributed by atoms with Crippen LogP contribution in [-0.2, 0) is 0 Å². The summed E-state index contributed by atoms with van der Waals surface area (Å²) in [7, 11) is 0. The van der Waals surface area contributed by atoms with Gasteiger partial charge in [-0.3, -0.25) is 0 Å². The van der Waals surface area contributed by atoms with Crippen LogP contribution in [0.15, 0.2) is 0 Å². The second-order valence-electron chi connectivity index (χ2n) is 2.81. The largest absolute Gasteiger partial charge is 0.197 e. The smallest absolute Gasteiger partial charge is 0.0891 e. The van der Waals surface area contributed by atoms with Crippen LogP contribution in [-0.4, -0.2) is 10.5 Å². The lowest BCUT2D eigenvalue weighted by molar-refractivity contribution is 0.886. The van der Waals surface area contributed by atoms with Crippen molar-refractivity contribution in [2.75, 3.05) is 0 Å². The Kier molecular flexibility index (Phi) is 3.08. The molecule has 1 aliphatic rings. The van der Waals surface area contributed by atoms with Crippen molar-refractivity contribution in [3.63, 3.8) is 0 Å². The van der Waals surface area contributed by atoms with E-state index < -0.39 is 0 Å². The molecule has 1 saturated carbocycles. The van der Waals surface area contributed by atoms with Gasteiger partial charge in [0.2, 0.25) is 0 Å². The average molecular weight is 155 g/mol. The maximum Gasteiger partial charge on any atom is 0.0891 e. The molecule has 0 spiro atoms. The minimum Gasteiger partial charge on any atom is -0.197 e. The fourth-order valence-electron chi connectivity index (χ4n) is 1.34. The van der Waals surface area contributed by atoms with E-state index in [0.29, 0.717) is 0 Å². The lowest BCUT2D eigenvalue weighted by Gasteiger charge is -2.08. The second kappa shape index (κ2) is 3.88. The molecule has 10 heavy (non-hydrogen) atoms. The van der Waals surface area contributed by atoms with Gasteiger partial charge < -0.3 is 0 Å². The summed E-state index contributed by atoms with van der Waals surface area (Å²) in [4.78, 5) is 0. The van der Waals surface area contributed by atoms with Gasteiger partial charge in [0.15, 0.2) is 0 Å². The van der Waals surface area contributed by atoms with E-state index in [0.717, 1.165) is 5.25 Å². The molecule has 2 heteroatoms. The zero-order valence-electron chi connectivity index (χ0n) is 6.34. The lowest BCUT2D eigenvalue weighted by atomic mass is 10.4. The quantitative estimate of drug-likeness (QED) is 0.612. The summed E-state index contributed by atoms with van der Waals surface area (Å²) in [6.07, 6.45) is 5.40. The minimum absolute atomic E-state index is 0.197. The molecule has 1 unspecified atom stereocenters. The first-order valence-corrected chi connectivity index (χ1v) is 4.82. The van der Waals surface area contributed by atoms with Crippen LogP contribution >= 0.6 is 11.8 Å². The number of nitrogens with zero attached hydrogens (tertiary/aromatic N) is 1. The Hall–Kier alpha value is -0.160. The normalized spacial score (nSPS) is 22.4. The Morgan fingerprint density at radius 2 is 2.10 bits per heavy atom. The molecule has 0 aromatic rings. The zero-order chi connectivity index (χ0) is 7.40. The van der Waals surface area contributed by atoms with Crippen LogP contribution < -0.4 is 0 Å². The van der Waals surface area contributed by atoms with Crippen LogP contribution in [0.25, 0.3) is 0 Å². The summed E-state index contributed by atoms with van der Waals surface area (Å²) in [5.41, 5.74) is 0. The first kappa shape index (κ1) is 7.94. The highest BCUT2D eigenvalue weighted by Gasteiger charge is 2.17. The predicted molar refractivity (Wildman–Crippen MR) is 44.9 cm³/mol. The molecule has 1 rings (SSSR count). The SMILES string of the molecule is CC(C#N)SC1CCCC1. The Balaban J connectivity index is 2.19. The number of rotatable bonds is 2. The molecular formula is C8H13NS. The summed E-state index contributed by atoms with van der Waals surface area (Å²) in [6, 6.07) is 2.25. The zero-order valence-corrected chi connectivity index (χ0v) is 7.16. The highest BCUT2D eigenvalue weighted by molar-refractivity contribution is 8.00. The second-order valence-corrected chi connectivity index (χ2v) is 4.46. The lowest BCUT2D eigenvalue weighted by Crippen LogP contribution is -2.01. The third kappa shape index (κ3) is 2.22. The Bertz CT molecular complexity index is 133. The average Bonchev–Trinajstić information content (AvgIpc) is 2.40. The monoisotopic (exact) mass is 155 g/mol. The van der Waals surface area contributed by atoms with Gasteiger partial charge in [0.1, 0.15) is 0 Å². The van der Waals surface area contributed by atoms with Gasteiger partial charge in [-0.05, 0) is 19.8 Å². The van der Waals surface area contributed by atoms with Crippen molar-refractivity contribution in [1.82, 2.24) is 0 Å². The summed E-state index contributed by atoms with van der Waals surface area (Å²) in [6.45, 7) is 1.99. The van der Waals surface area contributed by atoms with E-state index in [-0.39, 0.29) is 5.25 Å².